The number of aromatic nitrogens is 2. The van der Waals surface area contributed by atoms with Gasteiger partial charge in [-0.15, -0.1) is 0 Å². The smallest absolute Gasteiger partial charge is 0.339 e. The average Bonchev–Trinajstić information content (AvgIpc) is 3.35. The van der Waals surface area contributed by atoms with Gasteiger partial charge in [-0.25, -0.2) is 14.6 Å². The summed E-state index contributed by atoms with van der Waals surface area (Å²) >= 11 is 0. The van der Waals surface area contributed by atoms with Crippen molar-refractivity contribution < 1.29 is 23.6 Å². The molecule has 0 aromatic carbocycles. The molecule has 3 amide bonds. The van der Waals surface area contributed by atoms with Gasteiger partial charge in [0.25, 0.3) is 11.6 Å². The van der Waals surface area contributed by atoms with E-state index in [2.05, 4.69) is 20.8 Å². The number of pyridine rings is 1. The number of imide groups is 1. The monoisotopic (exact) mass is 360 g/mol. The molecule has 0 aliphatic heterocycles. The Balaban J connectivity index is 1.70. The highest BCUT2D eigenvalue weighted by molar-refractivity contribution is 6.04. The Morgan fingerprint density at radius 1 is 1.35 bits per heavy atom. The average molecular weight is 360 g/mol. The fourth-order valence-corrected chi connectivity index (χ4v) is 2.53. The molecule has 1 aliphatic carbocycles. The minimum Gasteiger partial charge on any atom is -0.452 e. The lowest BCUT2D eigenvalue weighted by molar-refractivity contribution is -0.123. The molecule has 1 fully saturated rings. The first-order valence-corrected chi connectivity index (χ1v) is 8.39. The number of ether oxygens (including phenoxy) is 1. The van der Waals surface area contributed by atoms with Crippen molar-refractivity contribution in [3.63, 3.8) is 0 Å². The number of nitrogens with zero attached hydrogens (tertiary/aromatic N) is 2. The molecular formula is C17H20N4O5. The van der Waals surface area contributed by atoms with Gasteiger partial charge < -0.3 is 14.6 Å². The second kappa shape index (κ2) is 7.11. The zero-order valence-corrected chi connectivity index (χ0v) is 14.8. The molecule has 0 atom stereocenters. The van der Waals surface area contributed by atoms with Gasteiger partial charge in [0.15, 0.2) is 6.61 Å². The highest BCUT2D eigenvalue weighted by Crippen LogP contribution is 2.40. The van der Waals surface area contributed by atoms with Crippen molar-refractivity contribution in [1.82, 2.24) is 20.8 Å². The van der Waals surface area contributed by atoms with Crippen LogP contribution in [0.25, 0.3) is 11.1 Å². The number of aryl methyl sites for hydroxylation is 1. The number of hydrogen-bond donors (Lipinski definition) is 2. The number of esters is 1. The molecule has 2 aromatic heterocycles. The molecule has 1 aliphatic rings. The van der Waals surface area contributed by atoms with Gasteiger partial charge in [0.2, 0.25) is 0 Å². The number of rotatable bonds is 5. The SMILES string of the molecule is Cc1noc2nc(C3CC3)cc(C(=O)OCC(=O)NC(=O)NC(C)C)c12. The second-order valence-electron chi connectivity index (χ2n) is 6.57. The third-order valence-corrected chi connectivity index (χ3v) is 3.86. The fourth-order valence-electron chi connectivity index (χ4n) is 2.53. The Kier molecular flexibility index (Phi) is 4.88. The van der Waals surface area contributed by atoms with Crippen LogP contribution < -0.4 is 10.6 Å². The molecule has 2 aromatic rings. The van der Waals surface area contributed by atoms with E-state index in [1.165, 1.54) is 0 Å². The van der Waals surface area contributed by atoms with Crippen LogP contribution in [-0.2, 0) is 9.53 Å². The van der Waals surface area contributed by atoms with Gasteiger partial charge >= 0.3 is 12.0 Å². The number of carbonyl (C=O) groups is 3. The third-order valence-electron chi connectivity index (χ3n) is 3.86. The van der Waals surface area contributed by atoms with E-state index < -0.39 is 24.5 Å². The van der Waals surface area contributed by atoms with E-state index in [0.717, 1.165) is 18.5 Å². The van der Waals surface area contributed by atoms with Crippen molar-refractivity contribution in [3.8, 4) is 0 Å². The normalized spacial score (nSPS) is 13.7. The highest BCUT2D eigenvalue weighted by atomic mass is 16.5. The molecule has 0 unspecified atom stereocenters. The zero-order valence-electron chi connectivity index (χ0n) is 14.8. The van der Waals surface area contributed by atoms with Crippen molar-refractivity contribution in [2.45, 2.75) is 45.6 Å². The Labute approximate surface area is 149 Å². The predicted molar refractivity (Wildman–Crippen MR) is 90.6 cm³/mol. The maximum absolute atomic E-state index is 12.5. The van der Waals surface area contributed by atoms with Crippen molar-refractivity contribution >= 4 is 29.0 Å². The topological polar surface area (TPSA) is 123 Å². The standard InChI is InChI=1S/C17H20N4O5/c1-8(2)18-17(24)20-13(22)7-25-16(23)11-6-12(10-4-5-10)19-15-14(11)9(3)21-26-15/h6,8,10H,4-5,7H2,1-3H3,(H2,18,20,22,24). The number of urea groups is 1. The van der Waals surface area contributed by atoms with Crippen molar-refractivity contribution in [3.05, 3.63) is 23.0 Å². The van der Waals surface area contributed by atoms with Gasteiger partial charge in [0.05, 0.1) is 16.6 Å². The van der Waals surface area contributed by atoms with E-state index >= 15 is 0 Å². The van der Waals surface area contributed by atoms with Gasteiger partial charge in [0, 0.05) is 17.7 Å². The van der Waals surface area contributed by atoms with Crippen LogP contribution in [0.1, 0.15) is 54.4 Å². The maximum atomic E-state index is 12.5. The van der Waals surface area contributed by atoms with Crippen LogP contribution in [0.4, 0.5) is 4.79 Å². The summed E-state index contributed by atoms with van der Waals surface area (Å²) in [6.07, 6.45) is 2.01. The molecular weight excluding hydrogens is 340 g/mol. The fraction of sp³-hybridized carbons (Fsp3) is 0.471. The van der Waals surface area contributed by atoms with Gasteiger partial charge in [-0.3, -0.25) is 10.1 Å². The lowest BCUT2D eigenvalue weighted by atomic mass is 10.1. The number of fused-ring (bicyclic) bond motifs is 1. The summed E-state index contributed by atoms with van der Waals surface area (Å²) in [5.74, 6) is -1.10. The Bertz CT molecular complexity index is 869. The lowest BCUT2D eigenvalue weighted by Gasteiger charge is -2.10. The molecule has 9 nitrogen and oxygen atoms in total. The van der Waals surface area contributed by atoms with Crippen LogP contribution in [0.2, 0.25) is 0 Å². The molecule has 0 spiro atoms. The van der Waals surface area contributed by atoms with E-state index in [9.17, 15) is 14.4 Å². The first-order valence-electron chi connectivity index (χ1n) is 8.39. The van der Waals surface area contributed by atoms with Gasteiger partial charge in [-0.2, -0.15) is 0 Å². The van der Waals surface area contributed by atoms with Gasteiger partial charge in [-0.05, 0) is 39.7 Å². The predicted octanol–water partition coefficient (Wildman–Crippen LogP) is 1.80. The molecule has 2 N–H and O–H groups in total. The second-order valence-corrected chi connectivity index (χ2v) is 6.57. The summed E-state index contributed by atoms with van der Waals surface area (Å²) < 4.78 is 10.2. The van der Waals surface area contributed by atoms with Gasteiger partial charge in [-0.1, -0.05) is 5.16 Å². The summed E-state index contributed by atoms with van der Waals surface area (Å²) in [4.78, 5) is 40.1. The molecule has 9 heteroatoms. The largest absolute Gasteiger partial charge is 0.452 e. The minimum absolute atomic E-state index is 0.118. The molecule has 0 saturated heterocycles. The third kappa shape index (κ3) is 3.98. The van der Waals surface area contributed by atoms with E-state index in [0.29, 0.717) is 17.0 Å². The van der Waals surface area contributed by atoms with Crippen LogP contribution in [-0.4, -0.2) is 40.7 Å². The molecule has 26 heavy (non-hydrogen) atoms. The summed E-state index contributed by atoms with van der Waals surface area (Å²) in [6.45, 7) is 4.65. The Hall–Kier alpha value is -2.97. The minimum atomic E-state index is -0.716. The summed E-state index contributed by atoms with van der Waals surface area (Å²) in [5, 5.41) is 8.91. The number of carbonyl (C=O) groups excluding carboxylic acids is 3. The van der Waals surface area contributed by atoms with Crippen molar-refractivity contribution in [2.24, 2.45) is 0 Å². The molecule has 138 valence electrons. The van der Waals surface area contributed by atoms with E-state index in [1.807, 2.05) is 0 Å². The lowest BCUT2D eigenvalue weighted by Crippen LogP contribution is -2.44. The van der Waals surface area contributed by atoms with Crippen molar-refractivity contribution in [2.75, 3.05) is 6.61 Å². The first-order chi connectivity index (χ1) is 12.3. The van der Waals surface area contributed by atoms with Crippen molar-refractivity contribution in [1.29, 1.82) is 0 Å². The van der Waals surface area contributed by atoms with Crippen LogP contribution in [0.3, 0.4) is 0 Å². The van der Waals surface area contributed by atoms with E-state index in [-0.39, 0.29) is 17.3 Å². The molecule has 1 saturated carbocycles. The van der Waals surface area contributed by atoms with E-state index in [1.54, 1.807) is 26.8 Å². The van der Waals surface area contributed by atoms with Crippen LogP contribution in [0, 0.1) is 6.92 Å². The Morgan fingerprint density at radius 2 is 2.08 bits per heavy atom. The van der Waals surface area contributed by atoms with Crippen LogP contribution in [0.15, 0.2) is 10.6 Å². The van der Waals surface area contributed by atoms with Gasteiger partial charge in [0.1, 0.15) is 0 Å². The maximum Gasteiger partial charge on any atom is 0.339 e. The zero-order chi connectivity index (χ0) is 18.8. The molecule has 3 rings (SSSR count). The van der Waals surface area contributed by atoms with Crippen LogP contribution >= 0.6 is 0 Å². The van der Waals surface area contributed by atoms with E-state index in [4.69, 9.17) is 9.26 Å². The summed E-state index contributed by atoms with van der Waals surface area (Å²) in [7, 11) is 0. The Morgan fingerprint density at radius 3 is 2.73 bits per heavy atom. The quantitative estimate of drug-likeness (QED) is 0.779. The number of hydrogen-bond acceptors (Lipinski definition) is 7. The van der Waals surface area contributed by atoms with Crippen LogP contribution in [0.5, 0.6) is 0 Å². The molecule has 2 heterocycles. The summed E-state index contributed by atoms with van der Waals surface area (Å²) in [5.41, 5.74) is 1.80. The highest BCUT2D eigenvalue weighted by Gasteiger charge is 2.29. The molecule has 0 bridgehead atoms. The molecule has 0 radical (unpaired) electrons. The first kappa shape index (κ1) is 17.8. The summed E-state index contributed by atoms with van der Waals surface area (Å²) in [6, 6.07) is 0.904. The number of nitrogens with one attached hydrogen (secondary N) is 2. The number of amides is 3.